The number of nitriles is 1. The molecule has 176 valence electrons. The lowest BCUT2D eigenvalue weighted by atomic mass is 9.91. The van der Waals surface area contributed by atoms with Crippen LogP contribution in [0.2, 0.25) is 0 Å². The van der Waals surface area contributed by atoms with Crippen molar-refractivity contribution in [2.24, 2.45) is 0 Å². The van der Waals surface area contributed by atoms with Gasteiger partial charge in [0.2, 0.25) is 5.91 Å². The van der Waals surface area contributed by atoms with E-state index >= 15 is 0 Å². The first-order chi connectivity index (χ1) is 16.6. The molecule has 1 heterocycles. The Morgan fingerprint density at radius 1 is 0.971 bits per heavy atom. The van der Waals surface area contributed by atoms with Gasteiger partial charge < -0.3 is 0 Å². The molecule has 3 aromatic carbocycles. The van der Waals surface area contributed by atoms with E-state index in [4.69, 9.17) is 5.26 Å². The number of imide groups is 1. The average Bonchev–Trinajstić information content (AvgIpc) is 2.84. The van der Waals surface area contributed by atoms with Gasteiger partial charge in [0.25, 0.3) is 0 Å². The number of benzene rings is 3. The van der Waals surface area contributed by atoms with Crippen molar-refractivity contribution in [3.8, 4) is 17.2 Å². The van der Waals surface area contributed by atoms with Crippen molar-refractivity contribution < 1.29 is 22.8 Å². The minimum atomic E-state index is -4.59. The second-order valence-corrected chi connectivity index (χ2v) is 8.07. The van der Waals surface area contributed by atoms with Crippen LogP contribution < -0.4 is 4.90 Å². The largest absolute Gasteiger partial charge is 0.416 e. The number of alkyl halides is 3. The monoisotopic (exact) mass is 475 g/mol. The zero-order valence-electron chi connectivity index (χ0n) is 18.9. The van der Waals surface area contributed by atoms with Crippen molar-refractivity contribution in [1.82, 2.24) is 4.90 Å². The number of anilines is 1. The molecule has 0 N–H and O–H groups in total. The average molecular weight is 475 g/mol. The fourth-order valence-electron chi connectivity index (χ4n) is 4.11. The van der Waals surface area contributed by atoms with Crippen LogP contribution in [0.4, 0.5) is 23.7 Å². The summed E-state index contributed by atoms with van der Waals surface area (Å²) in [4.78, 5) is 27.7. The zero-order valence-corrected chi connectivity index (χ0v) is 18.9. The molecule has 0 radical (unpaired) electrons. The standard InChI is InChI=1S/C27H20F3N3O2/c1-17-25(24-9-4-3-8-23(24)20-12-10-19(15-31)11-13-20)16-32(18(2)34)26(35)33(17)22-7-5-6-21(14-22)27(28,29)30/h3-14H,16H2,1-2H3. The van der Waals surface area contributed by atoms with Gasteiger partial charge in [-0.1, -0.05) is 42.5 Å². The number of hydrogen-bond acceptors (Lipinski definition) is 3. The maximum atomic E-state index is 13.4. The van der Waals surface area contributed by atoms with Crippen LogP contribution in [-0.4, -0.2) is 23.4 Å². The highest BCUT2D eigenvalue weighted by Gasteiger charge is 2.36. The van der Waals surface area contributed by atoms with E-state index in [1.54, 1.807) is 31.2 Å². The molecule has 1 aliphatic rings. The molecule has 4 rings (SSSR count). The van der Waals surface area contributed by atoms with Gasteiger partial charge in [-0.25, -0.2) is 4.79 Å². The molecule has 0 aliphatic carbocycles. The highest BCUT2D eigenvalue weighted by molar-refractivity contribution is 6.09. The predicted molar refractivity (Wildman–Crippen MR) is 126 cm³/mol. The first-order valence-electron chi connectivity index (χ1n) is 10.7. The number of rotatable bonds is 3. The molecule has 0 saturated carbocycles. The highest BCUT2D eigenvalue weighted by Crippen LogP contribution is 2.38. The van der Waals surface area contributed by atoms with Crippen LogP contribution in [0.3, 0.4) is 0 Å². The third kappa shape index (κ3) is 4.53. The van der Waals surface area contributed by atoms with Gasteiger partial charge in [-0.15, -0.1) is 0 Å². The maximum Gasteiger partial charge on any atom is 0.416 e. The predicted octanol–water partition coefficient (Wildman–Crippen LogP) is 6.46. The summed E-state index contributed by atoms with van der Waals surface area (Å²) in [6.07, 6.45) is -4.59. The summed E-state index contributed by atoms with van der Waals surface area (Å²) < 4.78 is 40.1. The molecule has 0 saturated heterocycles. The molecule has 0 fully saturated rings. The smallest absolute Gasteiger partial charge is 0.275 e. The van der Waals surface area contributed by atoms with Crippen LogP contribution in [-0.2, 0) is 11.0 Å². The molecular formula is C27H20F3N3O2. The molecular weight excluding hydrogens is 455 g/mol. The summed E-state index contributed by atoms with van der Waals surface area (Å²) in [5, 5.41) is 9.10. The first-order valence-corrected chi connectivity index (χ1v) is 10.7. The Morgan fingerprint density at radius 3 is 2.23 bits per heavy atom. The van der Waals surface area contributed by atoms with E-state index in [1.807, 2.05) is 24.3 Å². The second kappa shape index (κ2) is 9.11. The van der Waals surface area contributed by atoms with E-state index in [9.17, 15) is 22.8 Å². The number of hydrogen-bond donors (Lipinski definition) is 0. The quantitative estimate of drug-likeness (QED) is 0.437. The van der Waals surface area contributed by atoms with E-state index in [0.717, 1.165) is 38.6 Å². The van der Waals surface area contributed by atoms with Gasteiger partial charge in [-0.05, 0) is 59.5 Å². The number of nitrogens with zero attached hydrogens (tertiary/aromatic N) is 3. The van der Waals surface area contributed by atoms with Gasteiger partial charge >= 0.3 is 12.2 Å². The topological polar surface area (TPSA) is 64.4 Å². The van der Waals surface area contributed by atoms with E-state index in [-0.39, 0.29) is 12.2 Å². The summed E-state index contributed by atoms with van der Waals surface area (Å²) in [6, 6.07) is 20.2. The Labute approximate surface area is 200 Å². The van der Waals surface area contributed by atoms with Crippen molar-refractivity contribution in [3.63, 3.8) is 0 Å². The highest BCUT2D eigenvalue weighted by atomic mass is 19.4. The Morgan fingerprint density at radius 2 is 1.63 bits per heavy atom. The molecule has 35 heavy (non-hydrogen) atoms. The van der Waals surface area contributed by atoms with Gasteiger partial charge in [0.1, 0.15) is 0 Å². The molecule has 0 aromatic heterocycles. The minimum Gasteiger partial charge on any atom is -0.275 e. The Hall–Kier alpha value is -4.38. The molecule has 8 heteroatoms. The van der Waals surface area contributed by atoms with E-state index in [1.165, 1.54) is 19.1 Å². The molecule has 0 bridgehead atoms. The van der Waals surface area contributed by atoms with E-state index < -0.39 is 23.7 Å². The summed E-state index contributed by atoms with van der Waals surface area (Å²) >= 11 is 0. The van der Waals surface area contributed by atoms with Crippen LogP contribution in [0.5, 0.6) is 0 Å². The molecule has 3 amide bonds. The molecule has 0 spiro atoms. The SMILES string of the molecule is CC(=O)N1CC(c2ccccc2-c2ccc(C#N)cc2)=C(C)N(c2cccc(C(F)(F)F)c2)C1=O. The van der Waals surface area contributed by atoms with Crippen molar-refractivity contribution in [2.45, 2.75) is 20.0 Å². The van der Waals surface area contributed by atoms with E-state index in [0.29, 0.717) is 16.8 Å². The zero-order chi connectivity index (χ0) is 25.3. The Bertz CT molecular complexity index is 1390. The molecule has 0 unspecified atom stereocenters. The summed E-state index contributed by atoms with van der Waals surface area (Å²) in [7, 11) is 0. The molecule has 1 aliphatic heterocycles. The summed E-state index contributed by atoms with van der Waals surface area (Å²) in [5.41, 5.74) is 3.01. The van der Waals surface area contributed by atoms with Gasteiger partial charge in [0.15, 0.2) is 0 Å². The van der Waals surface area contributed by atoms with Crippen molar-refractivity contribution in [1.29, 1.82) is 5.26 Å². The van der Waals surface area contributed by atoms with Gasteiger partial charge in [0.05, 0.1) is 29.4 Å². The van der Waals surface area contributed by atoms with Crippen LogP contribution in [0.1, 0.15) is 30.5 Å². The number of carbonyl (C=O) groups excluding carboxylic acids is 2. The number of halogens is 3. The lowest BCUT2D eigenvalue weighted by Crippen LogP contribution is -2.49. The van der Waals surface area contributed by atoms with Crippen LogP contribution in [0.15, 0.2) is 78.5 Å². The van der Waals surface area contributed by atoms with Crippen LogP contribution in [0.25, 0.3) is 16.7 Å². The van der Waals surface area contributed by atoms with Crippen molar-refractivity contribution >= 4 is 23.2 Å². The van der Waals surface area contributed by atoms with E-state index in [2.05, 4.69) is 6.07 Å². The number of carbonyl (C=O) groups is 2. The summed E-state index contributed by atoms with van der Waals surface area (Å²) in [5.74, 6) is -0.521. The lowest BCUT2D eigenvalue weighted by molar-refractivity contribution is -0.137. The van der Waals surface area contributed by atoms with Gasteiger partial charge in [0, 0.05) is 12.6 Å². The minimum absolute atomic E-state index is 0.0154. The number of urea groups is 1. The molecule has 0 atom stereocenters. The van der Waals surface area contributed by atoms with Crippen molar-refractivity contribution in [3.05, 3.63) is 95.2 Å². The maximum absolute atomic E-state index is 13.4. The normalized spacial score (nSPS) is 14.2. The first kappa shape index (κ1) is 23.8. The number of allylic oxidation sites excluding steroid dienone is 1. The number of amides is 3. The molecule has 5 nitrogen and oxygen atoms in total. The van der Waals surface area contributed by atoms with Crippen LogP contribution >= 0.6 is 0 Å². The lowest BCUT2D eigenvalue weighted by Gasteiger charge is -2.37. The second-order valence-electron chi connectivity index (χ2n) is 8.07. The van der Waals surface area contributed by atoms with Crippen molar-refractivity contribution in [2.75, 3.05) is 11.4 Å². The fourth-order valence-corrected chi connectivity index (χ4v) is 4.11. The third-order valence-electron chi connectivity index (χ3n) is 5.90. The molecule has 3 aromatic rings. The van der Waals surface area contributed by atoms with Gasteiger partial charge in [-0.2, -0.15) is 18.4 Å². The summed E-state index contributed by atoms with van der Waals surface area (Å²) in [6.45, 7) is 2.87. The fraction of sp³-hybridized carbons (Fsp3) is 0.148. The Balaban J connectivity index is 1.91. The van der Waals surface area contributed by atoms with Crippen LogP contribution in [0, 0.1) is 11.3 Å². The third-order valence-corrected chi connectivity index (χ3v) is 5.90. The van der Waals surface area contributed by atoms with Gasteiger partial charge in [-0.3, -0.25) is 14.6 Å². The Kier molecular flexibility index (Phi) is 6.18.